The number of aryl methyl sites for hydroxylation is 3. The highest BCUT2D eigenvalue weighted by Crippen LogP contribution is 2.36. The van der Waals surface area contributed by atoms with E-state index in [1.165, 1.54) is 0 Å². The average molecular weight is 294 g/mol. The van der Waals surface area contributed by atoms with Crippen LogP contribution in [0.1, 0.15) is 42.9 Å². The Labute approximate surface area is 121 Å². The van der Waals surface area contributed by atoms with E-state index < -0.39 is 15.1 Å². The van der Waals surface area contributed by atoms with Crippen LogP contribution >= 0.6 is 0 Å². The second kappa shape index (κ2) is 5.32. The zero-order valence-corrected chi connectivity index (χ0v) is 13.4. The first-order valence-corrected chi connectivity index (χ1v) is 8.68. The molecule has 1 fully saturated rings. The number of ketones is 1. The smallest absolute Gasteiger partial charge is 0.189 e. The standard InChI is InChI=1S/C16H22O3S/c1-5-13-6-7-14(17)16(13)20(18,19)15-11(3)8-10(2)9-12(15)4/h8-9,13,16H,5-7H2,1-4H3/t13-,16+/m0/s1. The van der Waals surface area contributed by atoms with Crippen LogP contribution in [-0.4, -0.2) is 19.5 Å². The molecule has 1 aliphatic carbocycles. The van der Waals surface area contributed by atoms with Crippen molar-refractivity contribution in [3.63, 3.8) is 0 Å². The molecule has 0 radical (unpaired) electrons. The summed E-state index contributed by atoms with van der Waals surface area (Å²) < 4.78 is 25.9. The van der Waals surface area contributed by atoms with Gasteiger partial charge in [0, 0.05) is 6.42 Å². The Morgan fingerprint density at radius 1 is 1.15 bits per heavy atom. The summed E-state index contributed by atoms with van der Waals surface area (Å²) in [5.74, 6) is -0.149. The zero-order valence-electron chi connectivity index (χ0n) is 12.6. The number of hydrogen-bond acceptors (Lipinski definition) is 3. The molecule has 0 spiro atoms. The van der Waals surface area contributed by atoms with Crippen LogP contribution in [0.5, 0.6) is 0 Å². The minimum atomic E-state index is -3.58. The van der Waals surface area contributed by atoms with Gasteiger partial charge in [-0.2, -0.15) is 0 Å². The lowest BCUT2D eigenvalue weighted by atomic mass is 10.1. The van der Waals surface area contributed by atoms with Gasteiger partial charge < -0.3 is 0 Å². The van der Waals surface area contributed by atoms with Crippen molar-refractivity contribution in [1.82, 2.24) is 0 Å². The number of benzene rings is 1. The Hall–Kier alpha value is -1.16. The number of Topliss-reactive ketones (excluding diaryl/α,β-unsaturated/α-hetero) is 1. The van der Waals surface area contributed by atoms with Gasteiger partial charge in [0.1, 0.15) is 5.25 Å². The zero-order chi connectivity index (χ0) is 15.1. The lowest BCUT2D eigenvalue weighted by molar-refractivity contribution is -0.117. The molecule has 0 unspecified atom stereocenters. The van der Waals surface area contributed by atoms with Gasteiger partial charge in [-0.1, -0.05) is 31.0 Å². The Kier molecular flexibility index (Phi) is 4.05. The van der Waals surface area contributed by atoms with Crippen molar-refractivity contribution in [2.24, 2.45) is 5.92 Å². The van der Waals surface area contributed by atoms with E-state index >= 15 is 0 Å². The van der Waals surface area contributed by atoms with Gasteiger partial charge in [0.2, 0.25) is 0 Å². The highest BCUT2D eigenvalue weighted by atomic mass is 32.2. The van der Waals surface area contributed by atoms with E-state index in [0.29, 0.717) is 17.7 Å². The van der Waals surface area contributed by atoms with Crippen molar-refractivity contribution in [2.75, 3.05) is 0 Å². The molecule has 0 heterocycles. The summed E-state index contributed by atoms with van der Waals surface area (Å²) in [5, 5.41) is -0.840. The second-order valence-corrected chi connectivity index (χ2v) is 7.87. The Morgan fingerprint density at radius 2 is 1.70 bits per heavy atom. The maximum Gasteiger partial charge on any atom is 0.189 e. The molecule has 0 aliphatic heterocycles. The van der Waals surface area contributed by atoms with Crippen molar-refractivity contribution in [1.29, 1.82) is 0 Å². The number of rotatable bonds is 3. The van der Waals surface area contributed by atoms with Crippen molar-refractivity contribution >= 4 is 15.6 Å². The maximum atomic E-state index is 12.9. The SMILES string of the molecule is CC[C@H]1CCC(=O)[C@@H]1S(=O)(=O)c1c(C)cc(C)cc1C. The first-order valence-electron chi connectivity index (χ1n) is 7.13. The molecule has 0 saturated heterocycles. The van der Waals surface area contributed by atoms with Crippen LogP contribution in [0, 0.1) is 26.7 Å². The predicted molar refractivity (Wildman–Crippen MR) is 79.6 cm³/mol. The third-order valence-corrected chi connectivity index (χ3v) is 6.78. The van der Waals surface area contributed by atoms with Crippen LogP contribution in [0.3, 0.4) is 0 Å². The molecule has 1 aromatic carbocycles. The molecule has 20 heavy (non-hydrogen) atoms. The molecule has 1 aromatic rings. The fraction of sp³-hybridized carbons (Fsp3) is 0.562. The molecule has 0 amide bonds. The highest BCUT2D eigenvalue weighted by Gasteiger charge is 2.44. The molecule has 0 aromatic heterocycles. The quantitative estimate of drug-likeness (QED) is 0.860. The highest BCUT2D eigenvalue weighted by molar-refractivity contribution is 7.93. The molecule has 1 aliphatic rings. The summed E-state index contributed by atoms with van der Waals surface area (Å²) in [5.41, 5.74) is 2.54. The van der Waals surface area contributed by atoms with Crippen molar-refractivity contribution in [2.45, 2.75) is 57.1 Å². The molecule has 3 nitrogen and oxygen atoms in total. The van der Waals surface area contributed by atoms with Gasteiger partial charge >= 0.3 is 0 Å². The van der Waals surface area contributed by atoms with Gasteiger partial charge in [-0.25, -0.2) is 8.42 Å². The summed E-state index contributed by atoms with van der Waals surface area (Å²) in [7, 11) is -3.58. The monoisotopic (exact) mass is 294 g/mol. The molecule has 2 rings (SSSR count). The van der Waals surface area contributed by atoms with Crippen molar-refractivity contribution in [3.05, 3.63) is 28.8 Å². The van der Waals surface area contributed by atoms with Gasteiger partial charge in [-0.15, -0.1) is 0 Å². The van der Waals surface area contributed by atoms with Crippen LogP contribution in [0.2, 0.25) is 0 Å². The van der Waals surface area contributed by atoms with Crippen LogP contribution in [0.15, 0.2) is 17.0 Å². The Morgan fingerprint density at radius 3 is 2.20 bits per heavy atom. The van der Waals surface area contributed by atoms with E-state index in [4.69, 9.17) is 0 Å². The molecule has 110 valence electrons. The van der Waals surface area contributed by atoms with Gasteiger partial charge in [-0.05, 0) is 44.2 Å². The minimum Gasteiger partial charge on any atom is -0.298 e. The third-order valence-electron chi connectivity index (χ3n) is 4.25. The largest absolute Gasteiger partial charge is 0.298 e. The van der Waals surface area contributed by atoms with Crippen LogP contribution < -0.4 is 0 Å². The van der Waals surface area contributed by atoms with Crippen LogP contribution in [0.25, 0.3) is 0 Å². The maximum absolute atomic E-state index is 12.9. The normalized spacial score (nSPS) is 23.3. The molecule has 0 bridgehead atoms. The molecule has 2 atom stereocenters. The summed E-state index contributed by atoms with van der Waals surface area (Å²) in [4.78, 5) is 12.4. The summed E-state index contributed by atoms with van der Waals surface area (Å²) in [6.45, 7) is 7.53. The number of hydrogen-bond donors (Lipinski definition) is 0. The third kappa shape index (κ3) is 2.41. The summed E-state index contributed by atoms with van der Waals surface area (Å²) in [6, 6.07) is 3.75. The molecule has 4 heteroatoms. The average Bonchev–Trinajstić information content (AvgIpc) is 2.69. The molecule has 0 N–H and O–H groups in total. The van der Waals surface area contributed by atoms with E-state index in [1.807, 2.05) is 39.8 Å². The van der Waals surface area contributed by atoms with E-state index in [0.717, 1.165) is 23.1 Å². The Bertz CT molecular complexity index is 621. The van der Waals surface area contributed by atoms with Gasteiger partial charge in [-0.3, -0.25) is 4.79 Å². The molecular formula is C16H22O3S. The topological polar surface area (TPSA) is 51.2 Å². The van der Waals surface area contributed by atoms with Gasteiger partial charge in [0.05, 0.1) is 4.90 Å². The van der Waals surface area contributed by atoms with Gasteiger partial charge in [0.25, 0.3) is 0 Å². The van der Waals surface area contributed by atoms with E-state index in [9.17, 15) is 13.2 Å². The van der Waals surface area contributed by atoms with Crippen LogP contribution in [-0.2, 0) is 14.6 Å². The summed E-state index contributed by atoms with van der Waals surface area (Å²) >= 11 is 0. The van der Waals surface area contributed by atoms with E-state index in [2.05, 4.69) is 0 Å². The van der Waals surface area contributed by atoms with Crippen LogP contribution in [0.4, 0.5) is 0 Å². The Balaban J connectivity index is 2.59. The minimum absolute atomic E-state index is 0.0346. The first kappa shape index (κ1) is 15.2. The van der Waals surface area contributed by atoms with Gasteiger partial charge in [0.15, 0.2) is 15.6 Å². The lowest BCUT2D eigenvalue weighted by Crippen LogP contribution is -2.32. The second-order valence-electron chi connectivity index (χ2n) is 5.87. The summed E-state index contributed by atoms with van der Waals surface area (Å²) in [6.07, 6.45) is 1.83. The van der Waals surface area contributed by atoms with E-state index in [-0.39, 0.29) is 11.7 Å². The number of carbonyl (C=O) groups excluding carboxylic acids is 1. The first-order chi connectivity index (χ1) is 9.28. The molecule has 1 saturated carbocycles. The van der Waals surface area contributed by atoms with Crippen molar-refractivity contribution < 1.29 is 13.2 Å². The fourth-order valence-electron chi connectivity index (χ4n) is 3.47. The van der Waals surface area contributed by atoms with Crippen molar-refractivity contribution in [3.8, 4) is 0 Å². The number of carbonyl (C=O) groups is 1. The molecular weight excluding hydrogens is 272 g/mol. The number of sulfone groups is 1. The van der Waals surface area contributed by atoms with E-state index in [1.54, 1.807) is 0 Å². The fourth-order valence-corrected chi connectivity index (χ4v) is 6.04. The predicted octanol–water partition coefficient (Wildman–Crippen LogP) is 3.14. The lowest BCUT2D eigenvalue weighted by Gasteiger charge is -2.20.